The van der Waals surface area contributed by atoms with Crippen LogP contribution in [0.4, 0.5) is 0 Å². The maximum atomic E-state index is 13.9. The molecule has 6 N–H and O–H groups in total. The fourth-order valence-electron chi connectivity index (χ4n) is 11.6. The van der Waals surface area contributed by atoms with Crippen molar-refractivity contribution in [2.24, 2.45) is 32.3 Å². The molecule has 20 heteroatoms. The molecule has 4 spiro atoms. The molecule has 0 fully saturated rings. The van der Waals surface area contributed by atoms with Gasteiger partial charge in [0.2, 0.25) is 0 Å². The molecule has 6 aliphatic rings. The smallest absolute Gasteiger partial charge is 0.423 e. The van der Waals surface area contributed by atoms with Crippen LogP contribution in [0, 0.1) is 36.0 Å². The van der Waals surface area contributed by atoms with Crippen molar-refractivity contribution in [2.45, 2.75) is 76.3 Å². The second-order valence-electron chi connectivity index (χ2n) is 18.7. The van der Waals surface area contributed by atoms with E-state index >= 15 is 0 Å². The Balaban J connectivity index is 0.000000136. The van der Waals surface area contributed by atoms with Crippen LogP contribution in [0.2, 0.25) is 5.02 Å². The molecule has 0 bridgehead atoms. The van der Waals surface area contributed by atoms with Gasteiger partial charge in [0.1, 0.15) is 17.6 Å². The first kappa shape index (κ1) is 46.0. The number of aromatic nitrogens is 4. The highest BCUT2D eigenvalue weighted by molar-refractivity contribution is 9.10. The van der Waals surface area contributed by atoms with Gasteiger partial charge in [-0.15, -0.1) is 0 Å². The van der Waals surface area contributed by atoms with Crippen molar-refractivity contribution < 1.29 is 28.7 Å². The molecule has 4 unspecified atom stereocenters. The van der Waals surface area contributed by atoms with Crippen molar-refractivity contribution in [1.29, 1.82) is 5.26 Å². The quantitative estimate of drug-likeness (QED) is 0.175. The summed E-state index contributed by atoms with van der Waals surface area (Å²) in [6, 6.07) is 17.7. The zero-order valence-corrected chi connectivity index (χ0v) is 40.5. The number of carbonyl (C=O) groups is 2. The number of nitrogens with zero attached hydrogens (tertiary/aromatic N) is 9. The van der Waals surface area contributed by atoms with Gasteiger partial charge < -0.3 is 30.6 Å². The number of amides is 2. The lowest BCUT2D eigenvalue weighted by molar-refractivity contribution is -0.136. The standard InChI is InChI=1S/C25H22N6O2.C19H19BrN4O2.C5H5BClNO2/c1-14-19-10-24(6-5-21(19)30-33-14)9-17-4-3-16(18-7-15(11-26)12-28-13-18)8-20(17)25(24)22(32)31(2)23(27)29-25;1-10-13-9-18(6-5-15(13)23-26-10)8-11-3-4-12(20)7-14(11)19(18)16(25)24(2)17(21)22-19;7-5-1-4(6(9)10)2-8-3-5/h3-4,7-8,12-13H,5-6,9-10H2,1-2H3,(H2,27,29);3-4,7H,5-6,8-9H2,1-2H3,(H2,21,22);1-3,9-10H. The Morgan fingerprint density at radius 1 is 0.739 bits per heavy atom. The Morgan fingerprint density at radius 2 is 1.28 bits per heavy atom. The Labute approximate surface area is 410 Å². The number of carbonyl (C=O) groups excluding carboxylic acids is 2. The van der Waals surface area contributed by atoms with Crippen LogP contribution in [0.1, 0.15) is 74.7 Å². The predicted octanol–water partition coefficient (Wildman–Crippen LogP) is 4.50. The number of nitrogens with two attached hydrogens (primary N) is 2. The minimum atomic E-state index is -1.49. The molecule has 350 valence electrons. The maximum Gasteiger partial charge on any atom is 0.490 e. The van der Waals surface area contributed by atoms with E-state index in [4.69, 9.17) is 52.1 Å². The molecule has 4 atom stereocenters. The highest BCUT2D eigenvalue weighted by Gasteiger charge is 2.68. The molecule has 6 heterocycles. The average Bonchev–Trinajstić information content (AvgIpc) is 4.14. The molecule has 0 saturated heterocycles. The lowest BCUT2D eigenvalue weighted by atomic mass is 9.61. The number of likely N-dealkylation sites (N-methyl/N-ethyl adjacent to an activating group) is 2. The molecule has 4 aromatic heterocycles. The van der Waals surface area contributed by atoms with Crippen molar-refractivity contribution in [3.8, 4) is 17.2 Å². The number of benzene rings is 2. The molecule has 0 saturated carbocycles. The van der Waals surface area contributed by atoms with E-state index in [0.29, 0.717) is 22.5 Å². The van der Waals surface area contributed by atoms with Gasteiger partial charge in [-0.25, -0.2) is 9.98 Å². The number of hydrogen-bond acceptors (Lipinski definition) is 15. The fourth-order valence-corrected chi connectivity index (χ4v) is 12.1. The third-order valence-corrected chi connectivity index (χ3v) is 15.8. The van der Waals surface area contributed by atoms with Crippen LogP contribution >= 0.6 is 27.5 Å². The molecule has 4 aliphatic carbocycles. The van der Waals surface area contributed by atoms with Crippen molar-refractivity contribution in [1.82, 2.24) is 30.1 Å². The van der Waals surface area contributed by atoms with Gasteiger partial charge in [-0.05, 0) is 123 Å². The molecular formula is C49H46BBrClN11O6. The summed E-state index contributed by atoms with van der Waals surface area (Å²) in [5.41, 5.74) is 20.3. The minimum absolute atomic E-state index is 0.0376. The number of rotatable bonds is 2. The molecule has 12 rings (SSSR count). The molecule has 0 radical (unpaired) electrons. The number of guanidine groups is 2. The highest BCUT2D eigenvalue weighted by Crippen LogP contribution is 2.63. The van der Waals surface area contributed by atoms with Crippen LogP contribution in [0.3, 0.4) is 0 Å². The summed E-state index contributed by atoms with van der Waals surface area (Å²) in [4.78, 5) is 47.9. The van der Waals surface area contributed by atoms with Crippen molar-refractivity contribution in [3.63, 3.8) is 0 Å². The minimum Gasteiger partial charge on any atom is -0.423 e. The monoisotopic (exact) mass is 1010 g/mol. The van der Waals surface area contributed by atoms with Gasteiger partial charge in [0.15, 0.2) is 23.0 Å². The summed E-state index contributed by atoms with van der Waals surface area (Å²) in [5, 5.41) is 35.3. The SMILES string of the molecule is Cc1onc2c1CC1(CC2)Cc2ccc(-c3cncc(C#N)c3)cc2C12N=C(N)N(C)C2=O.Cc1onc2c1CC1(CC2)Cc2ccc(Br)cc2C12N=C(N)N(C)C2=O.OB(O)c1cncc(Cl)c1. The molecule has 2 aliphatic heterocycles. The van der Waals surface area contributed by atoms with E-state index in [1.807, 2.05) is 38.1 Å². The normalized spacial score (nSPS) is 24.6. The number of aryl methyl sites for hydroxylation is 4. The number of pyridine rings is 2. The topological polar surface area (TPSA) is 259 Å². The third-order valence-electron chi connectivity index (χ3n) is 15.1. The molecule has 6 aromatic rings. The first-order valence-electron chi connectivity index (χ1n) is 22.4. The van der Waals surface area contributed by atoms with E-state index in [-0.39, 0.29) is 29.1 Å². The van der Waals surface area contributed by atoms with Gasteiger partial charge in [-0.3, -0.25) is 29.4 Å². The van der Waals surface area contributed by atoms with Gasteiger partial charge in [0, 0.05) is 76.3 Å². The summed E-state index contributed by atoms with van der Waals surface area (Å²) < 4.78 is 11.8. The van der Waals surface area contributed by atoms with Crippen LogP contribution in [-0.2, 0) is 59.2 Å². The van der Waals surface area contributed by atoms with E-state index in [2.05, 4.69) is 54.4 Å². The zero-order valence-electron chi connectivity index (χ0n) is 38.1. The van der Waals surface area contributed by atoms with E-state index in [9.17, 15) is 14.9 Å². The van der Waals surface area contributed by atoms with Crippen molar-refractivity contribution in [2.75, 3.05) is 14.1 Å². The van der Waals surface area contributed by atoms with Gasteiger partial charge in [0.05, 0.1) is 22.0 Å². The van der Waals surface area contributed by atoms with Crippen molar-refractivity contribution >= 4 is 63.8 Å². The summed E-state index contributed by atoms with van der Waals surface area (Å²) in [6.07, 6.45) is 12.0. The molecular weight excluding hydrogens is 965 g/mol. The van der Waals surface area contributed by atoms with E-state index < -0.39 is 23.6 Å². The van der Waals surface area contributed by atoms with Crippen LogP contribution in [0.15, 0.2) is 96.8 Å². The largest absolute Gasteiger partial charge is 0.490 e. The van der Waals surface area contributed by atoms with Crippen LogP contribution < -0.4 is 16.9 Å². The summed E-state index contributed by atoms with van der Waals surface area (Å²) in [6.45, 7) is 3.86. The van der Waals surface area contributed by atoms with E-state index in [1.165, 1.54) is 40.0 Å². The maximum absolute atomic E-state index is 13.9. The zero-order chi connectivity index (χ0) is 48.8. The summed E-state index contributed by atoms with van der Waals surface area (Å²) >= 11 is 9.06. The summed E-state index contributed by atoms with van der Waals surface area (Å²) in [7, 11) is 1.90. The second-order valence-corrected chi connectivity index (χ2v) is 20.1. The predicted molar refractivity (Wildman–Crippen MR) is 259 cm³/mol. The Morgan fingerprint density at radius 3 is 1.77 bits per heavy atom. The molecule has 69 heavy (non-hydrogen) atoms. The fraction of sp³-hybridized carbons (Fsp3) is 0.327. The number of aliphatic imine (C=N–C) groups is 2. The Hall–Kier alpha value is -6.72. The first-order chi connectivity index (χ1) is 33.0. The molecule has 2 aromatic carbocycles. The highest BCUT2D eigenvalue weighted by atomic mass is 79.9. The van der Waals surface area contributed by atoms with Crippen LogP contribution in [-0.4, -0.2) is 85.1 Å². The van der Waals surface area contributed by atoms with Gasteiger partial charge >= 0.3 is 7.12 Å². The number of hydrogen-bond donors (Lipinski definition) is 4. The number of nitriles is 1. The second kappa shape index (κ2) is 16.8. The summed E-state index contributed by atoms with van der Waals surface area (Å²) in [5.74, 6) is 2.02. The van der Waals surface area contributed by atoms with Gasteiger partial charge in [-0.1, -0.05) is 56.0 Å². The molecule has 17 nitrogen and oxygen atoms in total. The molecule has 2 amide bonds. The average molecular weight is 1010 g/mol. The Bertz CT molecular complexity index is 3240. The number of halogens is 2. The van der Waals surface area contributed by atoms with Gasteiger partial charge in [-0.2, -0.15) is 5.26 Å². The van der Waals surface area contributed by atoms with Gasteiger partial charge in [0.25, 0.3) is 11.8 Å². The van der Waals surface area contributed by atoms with Crippen LogP contribution in [0.5, 0.6) is 0 Å². The van der Waals surface area contributed by atoms with Crippen molar-refractivity contribution in [3.05, 3.63) is 145 Å². The van der Waals surface area contributed by atoms with E-state index in [1.54, 1.807) is 26.4 Å². The number of fused-ring (bicyclic) bond motifs is 8. The van der Waals surface area contributed by atoms with Crippen LogP contribution in [0.25, 0.3) is 11.1 Å². The Kier molecular flexibility index (Phi) is 11.2. The lowest BCUT2D eigenvalue weighted by Gasteiger charge is -2.43. The van der Waals surface area contributed by atoms with E-state index in [0.717, 1.165) is 111 Å². The first-order valence-corrected chi connectivity index (χ1v) is 23.5. The lowest BCUT2D eigenvalue weighted by Crippen LogP contribution is -2.51. The third kappa shape index (κ3) is 7.01.